The number of hydrogen-bond donors (Lipinski definition) is 1. The normalized spacial score (nSPS) is 19.1. The first-order valence-electron chi connectivity index (χ1n) is 8.43. The molecule has 3 rings (SSSR count). The van der Waals surface area contributed by atoms with Crippen LogP contribution >= 0.6 is 11.3 Å². The van der Waals surface area contributed by atoms with Crippen LogP contribution in [0.15, 0.2) is 35.2 Å². The summed E-state index contributed by atoms with van der Waals surface area (Å²) >= 11 is 1.49. The lowest BCUT2D eigenvalue weighted by molar-refractivity contribution is -0.0281. The molecule has 2 aromatic rings. The molecular weight excluding hydrogens is 356 g/mol. The fourth-order valence-corrected chi connectivity index (χ4v) is 5.66. The van der Waals surface area contributed by atoms with Crippen molar-refractivity contribution < 1.29 is 13.2 Å². The number of anilines is 1. The number of hydrogen-bond acceptors (Lipinski definition) is 5. The Morgan fingerprint density at radius 3 is 2.60 bits per heavy atom. The third-order valence-corrected chi connectivity index (χ3v) is 7.02. The Morgan fingerprint density at radius 1 is 1.28 bits per heavy atom. The molecule has 5 nitrogen and oxygen atoms in total. The summed E-state index contributed by atoms with van der Waals surface area (Å²) in [4.78, 5) is 4.50. The van der Waals surface area contributed by atoms with Gasteiger partial charge in [0.2, 0.25) is 0 Å². The van der Waals surface area contributed by atoms with Crippen LogP contribution in [0.2, 0.25) is 0 Å². The van der Waals surface area contributed by atoms with Gasteiger partial charge in [-0.05, 0) is 44.2 Å². The van der Waals surface area contributed by atoms with Crippen LogP contribution in [0.25, 0.3) is 0 Å². The fraction of sp³-hybridized carbons (Fsp3) is 0.444. The van der Waals surface area contributed by atoms with Gasteiger partial charge in [0.15, 0.2) is 0 Å². The van der Waals surface area contributed by atoms with Crippen LogP contribution in [0.1, 0.15) is 28.3 Å². The minimum Gasteiger partial charge on any atom is -0.371 e. The van der Waals surface area contributed by atoms with Crippen molar-refractivity contribution in [1.82, 2.24) is 4.90 Å². The molecule has 1 unspecified atom stereocenters. The minimum atomic E-state index is -3.55. The molecule has 0 aliphatic carbocycles. The topological polar surface area (TPSA) is 58.6 Å². The molecule has 0 bridgehead atoms. The maximum atomic E-state index is 12.6. The third kappa shape index (κ3) is 4.23. The lowest BCUT2D eigenvalue weighted by Gasteiger charge is -2.32. The number of nitrogens with zero attached hydrogens (tertiary/aromatic N) is 1. The van der Waals surface area contributed by atoms with Crippen molar-refractivity contribution in [3.63, 3.8) is 0 Å². The minimum absolute atomic E-state index is 0.0427. The molecule has 1 aromatic heterocycles. The maximum Gasteiger partial charge on any atom is 0.262 e. The number of sulfonamides is 1. The third-order valence-electron chi connectivity index (χ3n) is 4.42. The molecular formula is C18H24N2O3S2. The van der Waals surface area contributed by atoms with Crippen LogP contribution in [0.4, 0.5) is 5.69 Å². The number of likely N-dealkylation sites (N-methyl/N-ethyl adjacent to an activating group) is 1. The first-order chi connectivity index (χ1) is 11.9. The number of rotatable bonds is 5. The van der Waals surface area contributed by atoms with Crippen molar-refractivity contribution >= 4 is 27.0 Å². The zero-order chi connectivity index (χ0) is 18.0. The highest BCUT2D eigenvalue weighted by molar-refractivity contribution is 7.93. The van der Waals surface area contributed by atoms with Gasteiger partial charge in [0.25, 0.3) is 10.0 Å². The van der Waals surface area contributed by atoms with Crippen molar-refractivity contribution in [3.05, 3.63) is 45.6 Å². The van der Waals surface area contributed by atoms with Gasteiger partial charge in [-0.15, -0.1) is 11.3 Å². The Morgan fingerprint density at radius 2 is 2.00 bits per heavy atom. The molecule has 136 valence electrons. The Hall–Kier alpha value is -1.41. The zero-order valence-electron chi connectivity index (χ0n) is 14.8. The fourth-order valence-electron chi connectivity index (χ4n) is 3.04. The van der Waals surface area contributed by atoms with E-state index in [0.717, 1.165) is 41.6 Å². The number of benzene rings is 1. The average molecular weight is 381 g/mol. The molecule has 1 aromatic carbocycles. The predicted octanol–water partition coefficient (Wildman–Crippen LogP) is 3.56. The summed E-state index contributed by atoms with van der Waals surface area (Å²) in [6.07, 6.45) is 0.0427. The highest BCUT2D eigenvalue weighted by Crippen LogP contribution is 2.28. The van der Waals surface area contributed by atoms with Crippen LogP contribution in [0.3, 0.4) is 0 Å². The van der Waals surface area contributed by atoms with Gasteiger partial charge >= 0.3 is 0 Å². The molecule has 1 aliphatic heterocycles. The van der Waals surface area contributed by atoms with E-state index >= 15 is 0 Å². The molecule has 2 heterocycles. The predicted molar refractivity (Wildman–Crippen MR) is 102 cm³/mol. The van der Waals surface area contributed by atoms with E-state index in [1.54, 1.807) is 18.2 Å². The summed E-state index contributed by atoms with van der Waals surface area (Å²) in [6.45, 7) is 9.46. The highest BCUT2D eigenvalue weighted by Gasteiger charge is 2.22. The second kappa shape index (κ2) is 7.45. The molecule has 1 N–H and O–H groups in total. The van der Waals surface area contributed by atoms with E-state index in [0.29, 0.717) is 10.6 Å². The molecule has 7 heteroatoms. The van der Waals surface area contributed by atoms with E-state index in [4.69, 9.17) is 4.74 Å². The lowest BCUT2D eigenvalue weighted by atomic mass is 10.1. The maximum absolute atomic E-state index is 12.6. The molecule has 1 atom stereocenters. The largest absolute Gasteiger partial charge is 0.371 e. The van der Waals surface area contributed by atoms with Crippen LogP contribution in [0.5, 0.6) is 0 Å². The highest BCUT2D eigenvalue weighted by atomic mass is 32.2. The van der Waals surface area contributed by atoms with Gasteiger partial charge in [0.1, 0.15) is 4.90 Å². The second-order valence-electron chi connectivity index (χ2n) is 6.26. The summed E-state index contributed by atoms with van der Waals surface area (Å²) in [7, 11) is -3.55. The van der Waals surface area contributed by atoms with E-state index in [2.05, 4.69) is 16.5 Å². The SMILES string of the molecule is CCN1CCOC(c2ccc(NS(=O)(=O)c3cc(C)sc3C)cc2)C1. The zero-order valence-corrected chi connectivity index (χ0v) is 16.4. The van der Waals surface area contributed by atoms with Crippen LogP contribution in [0, 0.1) is 13.8 Å². The lowest BCUT2D eigenvalue weighted by Crippen LogP contribution is -2.38. The Kier molecular flexibility index (Phi) is 5.48. The smallest absolute Gasteiger partial charge is 0.262 e. The van der Waals surface area contributed by atoms with E-state index < -0.39 is 10.0 Å². The van der Waals surface area contributed by atoms with E-state index in [-0.39, 0.29) is 6.10 Å². The number of ether oxygens (including phenoxy) is 1. The average Bonchev–Trinajstić information content (AvgIpc) is 2.94. The van der Waals surface area contributed by atoms with Gasteiger partial charge in [0, 0.05) is 28.5 Å². The first kappa shape index (κ1) is 18.4. The molecule has 0 radical (unpaired) electrons. The second-order valence-corrected chi connectivity index (χ2v) is 9.37. The van der Waals surface area contributed by atoms with Crippen LogP contribution < -0.4 is 4.72 Å². The van der Waals surface area contributed by atoms with E-state index in [1.807, 2.05) is 26.0 Å². The Bertz CT molecular complexity index is 829. The van der Waals surface area contributed by atoms with Crippen molar-refractivity contribution in [1.29, 1.82) is 0 Å². The number of aryl methyl sites for hydroxylation is 2. The van der Waals surface area contributed by atoms with E-state index in [1.165, 1.54) is 11.3 Å². The molecule has 0 saturated carbocycles. The number of thiophene rings is 1. The monoisotopic (exact) mass is 380 g/mol. The van der Waals surface area contributed by atoms with Crippen LogP contribution in [-0.2, 0) is 14.8 Å². The summed E-state index contributed by atoms with van der Waals surface area (Å²) < 4.78 is 33.6. The Balaban J connectivity index is 1.73. The standard InChI is InChI=1S/C18H24N2O3S2/c1-4-20-9-10-23-17(12-20)15-5-7-16(8-6-15)19-25(21,22)18-11-13(2)24-14(18)3/h5-8,11,17,19H,4,9-10,12H2,1-3H3. The molecule has 1 saturated heterocycles. The van der Waals surface area contributed by atoms with Gasteiger partial charge in [-0.3, -0.25) is 9.62 Å². The Labute approximate surface area is 153 Å². The molecule has 1 fully saturated rings. The molecule has 0 amide bonds. The van der Waals surface area contributed by atoms with Crippen LogP contribution in [-0.4, -0.2) is 39.6 Å². The summed E-state index contributed by atoms with van der Waals surface area (Å²) in [5.74, 6) is 0. The summed E-state index contributed by atoms with van der Waals surface area (Å²) in [6, 6.07) is 9.19. The van der Waals surface area contributed by atoms with E-state index in [9.17, 15) is 8.42 Å². The summed E-state index contributed by atoms with van der Waals surface area (Å²) in [5, 5.41) is 0. The molecule has 0 spiro atoms. The quantitative estimate of drug-likeness (QED) is 0.862. The van der Waals surface area contributed by atoms with Crippen molar-refractivity contribution in [2.45, 2.75) is 31.8 Å². The van der Waals surface area contributed by atoms with Gasteiger partial charge in [-0.25, -0.2) is 8.42 Å². The van der Waals surface area contributed by atoms with Crippen molar-refractivity contribution in [2.75, 3.05) is 31.0 Å². The number of nitrogens with one attached hydrogen (secondary N) is 1. The van der Waals surface area contributed by atoms with Gasteiger partial charge < -0.3 is 4.74 Å². The van der Waals surface area contributed by atoms with Gasteiger partial charge in [0.05, 0.1) is 12.7 Å². The number of morpholine rings is 1. The summed E-state index contributed by atoms with van der Waals surface area (Å²) in [5.41, 5.74) is 1.64. The van der Waals surface area contributed by atoms with Crippen molar-refractivity contribution in [3.8, 4) is 0 Å². The molecule has 1 aliphatic rings. The van der Waals surface area contributed by atoms with Gasteiger partial charge in [-0.2, -0.15) is 0 Å². The van der Waals surface area contributed by atoms with Gasteiger partial charge in [-0.1, -0.05) is 19.1 Å². The first-order valence-corrected chi connectivity index (χ1v) is 10.7. The van der Waals surface area contributed by atoms with Crippen molar-refractivity contribution in [2.24, 2.45) is 0 Å². The molecule has 25 heavy (non-hydrogen) atoms.